The number of aliphatic hydroxyl groups excluding tert-OH is 2. The highest BCUT2D eigenvalue weighted by Crippen LogP contribution is 2.07. The molecule has 0 aromatic heterocycles. The van der Waals surface area contributed by atoms with Crippen molar-refractivity contribution in [3.63, 3.8) is 0 Å². The molecule has 3 amide bonds. The third-order valence-corrected chi connectivity index (χ3v) is 3.26. The third kappa shape index (κ3) is 9.21. The van der Waals surface area contributed by atoms with Crippen LogP contribution in [0.5, 0.6) is 0 Å². The molecule has 0 heterocycles. The lowest BCUT2D eigenvalue weighted by atomic mass is 10.1. The molecule has 166 valence electrons. The highest BCUT2D eigenvalue weighted by molar-refractivity contribution is 5.96. The number of rotatable bonds is 9. The zero-order valence-electron chi connectivity index (χ0n) is 16.7. The number of hydrogen-bond acceptors (Lipinski definition) is 9. The number of carbonyl (C=O) groups is 5. The number of carbonyl (C=O) groups excluding carboxylic acids is 4. The van der Waals surface area contributed by atoms with Crippen molar-refractivity contribution < 1.29 is 48.8 Å². The molecule has 0 saturated carbocycles. The van der Waals surface area contributed by atoms with Crippen molar-refractivity contribution >= 4 is 29.8 Å². The lowest BCUT2D eigenvalue weighted by molar-refractivity contribution is -0.155. The summed E-state index contributed by atoms with van der Waals surface area (Å²) in [4.78, 5) is 58.8. The number of aliphatic carboxylic acids is 1. The molecule has 6 N–H and O–H groups in total. The number of amides is 3. The predicted molar refractivity (Wildman–Crippen MR) is 95.4 cm³/mol. The van der Waals surface area contributed by atoms with E-state index in [0.29, 0.717) is 0 Å². The second kappa shape index (κ2) is 11.2. The van der Waals surface area contributed by atoms with Gasteiger partial charge in [0, 0.05) is 0 Å². The van der Waals surface area contributed by atoms with Gasteiger partial charge in [-0.25, -0.2) is 14.4 Å². The summed E-state index contributed by atoms with van der Waals surface area (Å²) in [5.74, 6) is -5.13. The average Bonchev–Trinajstić information content (AvgIpc) is 2.60. The van der Waals surface area contributed by atoms with E-state index in [1.165, 1.54) is 6.92 Å². The standard InChI is InChI=1S/C16H27N3O10/c1-7(17-15(27)29-16(2,3)4)11(22)19-9(10(21)14(26)28-5)12(23)18-8(6-20)13(24)25/h7-10,20-21H,6H2,1-5H3,(H,17,27)(H,18,23)(H,19,22)(H,24,25)/t7-,8+,9?,10+/m1/s1. The van der Waals surface area contributed by atoms with E-state index in [0.717, 1.165) is 7.11 Å². The summed E-state index contributed by atoms with van der Waals surface area (Å²) < 4.78 is 9.29. The molecule has 13 nitrogen and oxygen atoms in total. The Morgan fingerprint density at radius 1 is 1.00 bits per heavy atom. The fraction of sp³-hybridized carbons (Fsp3) is 0.688. The van der Waals surface area contributed by atoms with Gasteiger partial charge in [-0.1, -0.05) is 0 Å². The Morgan fingerprint density at radius 3 is 1.97 bits per heavy atom. The number of esters is 1. The van der Waals surface area contributed by atoms with Gasteiger partial charge in [0.25, 0.3) is 0 Å². The van der Waals surface area contributed by atoms with Crippen LogP contribution in [0.4, 0.5) is 4.79 Å². The van der Waals surface area contributed by atoms with E-state index in [2.05, 4.69) is 10.1 Å². The maximum atomic E-state index is 12.3. The molecular weight excluding hydrogens is 394 g/mol. The molecule has 0 aromatic carbocycles. The van der Waals surface area contributed by atoms with E-state index in [4.69, 9.17) is 14.9 Å². The van der Waals surface area contributed by atoms with Crippen molar-refractivity contribution in [2.75, 3.05) is 13.7 Å². The fourth-order valence-electron chi connectivity index (χ4n) is 1.82. The molecule has 0 aliphatic heterocycles. The SMILES string of the molecule is COC(=O)[C@@H](O)C(NC(=O)[C@@H](C)NC(=O)OC(C)(C)C)C(=O)N[C@@H](CO)C(=O)O. The van der Waals surface area contributed by atoms with E-state index >= 15 is 0 Å². The quantitative estimate of drug-likeness (QED) is 0.216. The molecule has 0 radical (unpaired) electrons. The third-order valence-electron chi connectivity index (χ3n) is 3.26. The molecule has 0 saturated heterocycles. The van der Waals surface area contributed by atoms with Crippen LogP contribution in [-0.2, 0) is 28.7 Å². The van der Waals surface area contributed by atoms with Crippen LogP contribution in [-0.4, -0.2) is 88.7 Å². The lowest BCUT2D eigenvalue weighted by Gasteiger charge is -2.25. The molecule has 0 fully saturated rings. The molecule has 1 unspecified atom stereocenters. The van der Waals surface area contributed by atoms with Gasteiger partial charge in [0.2, 0.25) is 11.8 Å². The van der Waals surface area contributed by atoms with Gasteiger partial charge in [-0.3, -0.25) is 9.59 Å². The van der Waals surface area contributed by atoms with Gasteiger partial charge < -0.3 is 40.7 Å². The molecule has 0 aromatic rings. The van der Waals surface area contributed by atoms with Crippen LogP contribution in [0.25, 0.3) is 0 Å². The highest BCUT2D eigenvalue weighted by Gasteiger charge is 2.37. The second-order valence-corrected chi connectivity index (χ2v) is 6.90. The Hall–Kier alpha value is -2.93. The highest BCUT2D eigenvalue weighted by atomic mass is 16.6. The van der Waals surface area contributed by atoms with Crippen LogP contribution in [0.15, 0.2) is 0 Å². The summed E-state index contributed by atoms with van der Waals surface area (Å²) in [7, 11) is 0.919. The molecule has 13 heteroatoms. The number of alkyl carbamates (subject to hydrolysis) is 1. The fourth-order valence-corrected chi connectivity index (χ4v) is 1.82. The van der Waals surface area contributed by atoms with Gasteiger partial charge >= 0.3 is 18.0 Å². The topological polar surface area (TPSA) is 201 Å². The number of methoxy groups -OCH3 is 1. The second-order valence-electron chi connectivity index (χ2n) is 6.90. The van der Waals surface area contributed by atoms with E-state index in [-0.39, 0.29) is 0 Å². The van der Waals surface area contributed by atoms with E-state index in [9.17, 15) is 29.1 Å². The van der Waals surface area contributed by atoms with Crippen LogP contribution >= 0.6 is 0 Å². The van der Waals surface area contributed by atoms with Crippen molar-refractivity contribution in [2.24, 2.45) is 0 Å². The summed E-state index contributed by atoms with van der Waals surface area (Å²) in [6.45, 7) is 5.07. The molecule has 0 aliphatic rings. The number of carboxylic acids is 1. The van der Waals surface area contributed by atoms with E-state index in [1.807, 2.05) is 10.6 Å². The summed E-state index contributed by atoms with van der Waals surface area (Å²) in [6.07, 6.45) is -3.12. The van der Waals surface area contributed by atoms with Crippen LogP contribution in [0.1, 0.15) is 27.7 Å². The minimum Gasteiger partial charge on any atom is -0.480 e. The normalized spacial score (nSPS) is 15.1. The first-order valence-corrected chi connectivity index (χ1v) is 8.43. The smallest absolute Gasteiger partial charge is 0.408 e. The Kier molecular flexibility index (Phi) is 10.0. The summed E-state index contributed by atoms with van der Waals surface area (Å²) in [6, 6.07) is -4.96. The van der Waals surface area contributed by atoms with Crippen molar-refractivity contribution in [3.8, 4) is 0 Å². The number of nitrogens with one attached hydrogen (secondary N) is 3. The van der Waals surface area contributed by atoms with Crippen LogP contribution in [0.2, 0.25) is 0 Å². The number of hydrogen-bond donors (Lipinski definition) is 6. The van der Waals surface area contributed by atoms with Gasteiger partial charge in [0.1, 0.15) is 23.7 Å². The predicted octanol–water partition coefficient (Wildman–Crippen LogP) is -2.52. The summed E-state index contributed by atoms with van der Waals surface area (Å²) in [5.41, 5.74) is -0.833. The first kappa shape index (κ1) is 26.1. The Balaban J connectivity index is 5.31. The Morgan fingerprint density at radius 2 is 1.55 bits per heavy atom. The Bertz CT molecular complexity index is 631. The number of aliphatic hydroxyl groups is 2. The first-order chi connectivity index (χ1) is 13.2. The summed E-state index contributed by atoms with van der Waals surface area (Å²) in [5, 5.41) is 33.9. The van der Waals surface area contributed by atoms with Crippen LogP contribution in [0.3, 0.4) is 0 Å². The van der Waals surface area contributed by atoms with Crippen molar-refractivity contribution in [3.05, 3.63) is 0 Å². The summed E-state index contributed by atoms with van der Waals surface area (Å²) >= 11 is 0. The molecule has 0 rings (SSSR count). The van der Waals surface area contributed by atoms with Crippen molar-refractivity contribution in [2.45, 2.75) is 57.5 Å². The molecule has 0 aliphatic carbocycles. The minimum atomic E-state index is -2.19. The molecule has 0 spiro atoms. The largest absolute Gasteiger partial charge is 0.480 e. The van der Waals surface area contributed by atoms with Crippen LogP contribution < -0.4 is 16.0 Å². The molecular formula is C16H27N3O10. The first-order valence-electron chi connectivity index (χ1n) is 8.43. The number of carboxylic acid groups (broad SMARTS) is 1. The van der Waals surface area contributed by atoms with Crippen molar-refractivity contribution in [1.29, 1.82) is 0 Å². The molecule has 4 atom stereocenters. The Labute approximate surface area is 166 Å². The van der Waals surface area contributed by atoms with Gasteiger partial charge in [0.15, 0.2) is 6.10 Å². The lowest BCUT2D eigenvalue weighted by Crippen LogP contribution is -2.61. The maximum Gasteiger partial charge on any atom is 0.408 e. The van der Waals surface area contributed by atoms with Gasteiger partial charge in [-0.15, -0.1) is 0 Å². The number of ether oxygens (including phenoxy) is 2. The van der Waals surface area contributed by atoms with Gasteiger partial charge in [0.05, 0.1) is 13.7 Å². The average molecular weight is 421 g/mol. The molecule has 29 heavy (non-hydrogen) atoms. The van der Waals surface area contributed by atoms with Crippen molar-refractivity contribution in [1.82, 2.24) is 16.0 Å². The monoisotopic (exact) mass is 421 g/mol. The van der Waals surface area contributed by atoms with Gasteiger partial charge in [-0.2, -0.15) is 0 Å². The zero-order valence-corrected chi connectivity index (χ0v) is 16.7. The minimum absolute atomic E-state index is 0.833. The zero-order chi connectivity index (χ0) is 22.9. The van der Waals surface area contributed by atoms with Gasteiger partial charge in [-0.05, 0) is 27.7 Å². The molecule has 0 bridgehead atoms. The maximum absolute atomic E-state index is 12.3. The van der Waals surface area contributed by atoms with E-state index < -0.39 is 66.3 Å². The van der Waals surface area contributed by atoms with E-state index in [1.54, 1.807) is 20.8 Å². The van der Waals surface area contributed by atoms with Crippen LogP contribution in [0, 0.1) is 0 Å².